The number of hydrogen-bond acceptors (Lipinski definition) is 5. The van der Waals surface area contributed by atoms with Crippen molar-refractivity contribution in [1.82, 2.24) is 19.6 Å². The maximum absolute atomic E-state index is 9.69. The second-order valence-electron chi connectivity index (χ2n) is 7.42. The van der Waals surface area contributed by atoms with Crippen molar-refractivity contribution in [2.24, 2.45) is 0 Å². The minimum atomic E-state index is -0.158. The van der Waals surface area contributed by atoms with Gasteiger partial charge in [0.2, 0.25) is 0 Å². The van der Waals surface area contributed by atoms with Gasteiger partial charge < -0.3 is 20.1 Å². The number of anilines is 1. The highest BCUT2D eigenvalue weighted by atomic mass is 16.5. The van der Waals surface area contributed by atoms with Crippen molar-refractivity contribution in [2.45, 2.75) is 37.8 Å². The molecule has 0 amide bonds. The number of aromatic nitrogens is 4. The van der Waals surface area contributed by atoms with Gasteiger partial charge in [0.1, 0.15) is 17.3 Å². The van der Waals surface area contributed by atoms with Crippen LogP contribution in [0.4, 0.5) is 5.82 Å². The fraction of sp³-hybridized carbons (Fsp3) is 0.333. The van der Waals surface area contributed by atoms with E-state index in [9.17, 15) is 5.11 Å². The van der Waals surface area contributed by atoms with Gasteiger partial charge >= 0.3 is 0 Å². The van der Waals surface area contributed by atoms with E-state index in [0.717, 1.165) is 65.2 Å². The Bertz CT molecular complexity index is 1120. The summed E-state index contributed by atoms with van der Waals surface area (Å²) in [5.41, 5.74) is 3.71. The van der Waals surface area contributed by atoms with E-state index < -0.39 is 0 Å². The van der Waals surface area contributed by atoms with Crippen molar-refractivity contribution in [1.29, 1.82) is 0 Å². The topological polar surface area (TPSA) is 87.5 Å². The predicted octanol–water partition coefficient (Wildman–Crippen LogP) is 3.60. The first-order chi connectivity index (χ1) is 13.7. The molecule has 28 heavy (non-hydrogen) atoms. The van der Waals surface area contributed by atoms with Crippen LogP contribution in [0.15, 0.2) is 42.6 Å². The van der Waals surface area contributed by atoms with Crippen molar-refractivity contribution in [3.8, 4) is 17.1 Å². The summed E-state index contributed by atoms with van der Waals surface area (Å²) in [4.78, 5) is 7.93. The van der Waals surface area contributed by atoms with Crippen LogP contribution in [-0.4, -0.2) is 43.9 Å². The van der Waals surface area contributed by atoms with Crippen LogP contribution in [0.5, 0.6) is 5.75 Å². The van der Waals surface area contributed by atoms with E-state index >= 15 is 0 Å². The average Bonchev–Trinajstić information content (AvgIpc) is 3.32. The summed E-state index contributed by atoms with van der Waals surface area (Å²) in [5.74, 6) is 1.66. The first-order valence-corrected chi connectivity index (χ1v) is 9.66. The highest BCUT2D eigenvalue weighted by molar-refractivity contribution is 5.86. The van der Waals surface area contributed by atoms with Crippen LogP contribution in [0.2, 0.25) is 0 Å². The van der Waals surface area contributed by atoms with Gasteiger partial charge in [0.05, 0.1) is 25.1 Å². The molecule has 3 aromatic heterocycles. The molecule has 3 heterocycles. The van der Waals surface area contributed by atoms with Crippen LogP contribution in [0, 0.1) is 0 Å². The van der Waals surface area contributed by atoms with E-state index in [1.165, 1.54) is 0 Å². The van der Waals surface area contributed by atoms with Crippen LogP contribution in [0.3, 0.4) is 0 Å². The van der Waals surface area contributed by atoms with Gasteiger partial charge in [-0.2, -0.15) is 0 Å². The van der Waals surface area contributed by atoms with Crippen LogP contribution in [0.25, 0.3) is 27.9 Å². The Morgan fingerprint density at radius 1 is 1.14 bits per heavy atom. The number of rotatable bonds is 4. The number of nitrogens with one attached hydrogen (secondary N) is 2. The Balaban J connectivity index is 1.48. The molecule has 0 unspecified atom stereocenters. The minimum Gasteiger partial charge on any atom is -0.497 e. The number of ether oxygens (including phenoxy) is 1. The van der Waals surface area contributed by atoms with Crippen molar-refractivity contribution in [3.05, 3.63) is 42.6 Å². The number of aromatic amines is 1. The predicted molar refractivity (Wildman–Crippen MR) is 109 cm³/mol. The highest BCUT2D eigenvalue weighted by Crippen LogP contribution is 2.28. The Morgan fingerprint density at radius 3 is 2.82 bits per heavy atom. The summed E-state index contributed by atoms with van der Waals surface area (Å²) >= 11 is 0. The Morgan fingerprint density at radius 2 is 2.00 bits per heavy atom. The minimum absolute atomic E-state index is 0.158. The lowest BCUT2D eigenvalue weighted by Gasteiger charge is -2.26. The number of aliphatic hydroxyl groups excluding tert-OH is 1. The van der Waals surface area contributed by atoms with E-state index in [2.05, 4.69) is 21.4 Å². The zero-order valence-electron chi connectivity index (χ0n) is 15.7. The van der Waals surface area contributed by atoms with E-state index in [1.807, 2.05) is 41.0 Å². The van der Waals surface area contributed by atoms with Gasteiger partial charge in [-0.3, -0.25) is 0 Å². The fourth-order valence-corrected chi connectivity index (χ4v) is 3.94. The first-order valence-electron chi connectivity index (χ1n) is 9.66. The molecule has 1 aromatic carbocycles. The third-order valence-electron chi connectivity index (χ3n) is 5.51. The summed E-state index contributed by atoms with van der Waals surface area (Å²) in [6.07, 6.45) is 5.28. The van der Waals surface area contributed by atoms with Gasteiger partial charge in [-0.05, 0) is 62.1 Å². The number of nitrogens with zero attached hydrogens (tertiary/aromatic N) is 3. The zero-order chi connectivity index (χ0) is 19.1. The van der Waals surface area contributed by atoms with E-state index in [-0.39, 0.29) is 6.10 Å². The van der Waals surface area contributed by atoms with Crippen molar-refractivity contribution in [2.75, 3.05) is 12.4 Å². The van der Waals surface area contributed by atoms with Gasteiger partial charge in [-0.15, -0.1) is 5.10 Å². The van der Waals surface area contributed by atoms with Gasteiger partial charge in [-0.1, -0.05) is 0 Å². The third-order valence-corrected chi connectivity index (χ3v) is 5.51. The molecule has 1 saturated carbocycles. The number of hydrogen-bond donors (Lipinski definition) is 3. The molecule has 0 spiro atoms. The lowest BCUT2D eigenvalue weighted by atomic mass is 9.93. The first kappa shape index (κ1) is 17.1. The lowest BCUT2D eigenvalue weighted by molar-refractivity contribution is 0.126. The van der Waals surface area contributed by atoms with E-state index in [0.29, 0.717) is 6.04 Å². The molecule has 1 fully saturated rings. The van der Waals surface area contributed by atoms with Crippen LogP contribution >= 0.6 is 0 Å². The Hall–Kier alpha value is -3.06. The third kappa shape index (κ3) is 3.07. The molecule has 0 atom stereocenters. The number of imidazole rings is 1. The number of fused-ring (bicyclic) bond motifs is 2. The van der Waals surface area contributed by atoms with Gasteiger partial charge in [0.25, 0.3) is 0 Å². The molecule has 144 valence electrons. The molecular formula is C21H23N5O2. The molecule has 7 heteroatoms. The highest BCUT2D eigenvalue weighted by Gasteiger charge is 2.20. The van der Waals surface area contributed by atoms with Crippen LogP contribution in [0.1, 0.15) is 25.7 Å². The summed E-state index contributed by atoms with van der Waals surface area (Å²) < 4.78 is 7.18. The molecule has 4 aromatic rings. The molecule has 1 aliphatic carbocycles. The van der Waals surface area contributed by atoms with E-state index in [4.69, 9.17) is 9.84 Å². The second-order valence-corrected chi connectivity index (χ2v) is 7.42. The summed E-state index contributed by atoms with van der Waals surface area (Å²) in [5, 5.41) is 19.0. The summed E-state index contributed by atoms with van der Waals surface area (Å²) in [6, 6.07) is 12.3. The van der Waals surface area contributed by atoms with Gasteiger partial charge in [-0.25, -0.2) is 9.50 Å². The molecule has 5 rings (SSSR count). The Labute approximate surface area is 162 Å². The maximum atomic E-state index is 9.69. The van der Waals surface area contributed by atoms with Crippen molar-refractivity contribution >= 4 is 22.4 Å². The summed E-state index contributed by atoms with van der Waals surface area (Å²) in [6.45, 7) is 0. The largest absolute Gasteiger partial charge is 0.497 e. The molecule has 0 saturated heterocycles. The normalized spacial score (nSPS) is 19.9. The second kappa shape index (κ2) is 6.83. The van der Waals surface area contributed by atoms with Crippen molar-refractivity contribution in [3.63, 3.8) is 0 Å². The molecule has 7 nitrogen and oxygen atoms in total. The molecule has 0 radical (unpaired) electrons. The number of H-pyrrole nitrogens is 1. The average molecular weight is 377 g/mol. The van der Waals surface area contributed by atoms with E-state index in [1.54, 1.807) is 7.11 Å². The molecule has 0 aliphatic heterocycles. The lowest BCUT2D eigenvalue weighted by Crippen LogP contribution is -2.28. The molecule has 3 N–H and O–H groups in total. The van der Waals surface area contributed by atoms with Crippen LogP contribution in [-0.2, 0) is 0 Å². The number of benzene rings is 1. The zero-order valence-corrected chi connectivity index (χ0v) is 15.7. The van der Waals surface area contributed by atoms with Gasteiger partial charge in [0.15, 0.2) is 5.65 Å². The Kier molecular flexibility index (Phi) is 4.16. The van der Waals surface area contributed by atoms with Crippen molar-refractivity contribution < 1.29 is 9.84 Å². The SMILES string of the molecule is COc1ccc2[nH]c(-c3cnc4ccc(NC5CCC(O)CC5)nn34)cc2c1. The molecule has 0 bridgehead atoms. The number of methoxy groups -OCH3 is 1. The number of aliphatic hydroxyl groups is 1. The fourth-order valence-electron chi connectivity index (χ4n) is 3.94. The quantitative estimate of drug-likeness (QED) is 0.506. The maximum Gasteiger partial charge on any atom is 0.154 e. The monoisotopic (exact) mass is 377 g/mol. The summed E-state index contributed by atoms with van der Waals surface area (Å²) in [7, 11) is 1.67. The standard InChI is InChI=1S/C21H23N5O2/c1-28-16-6-7-17-13(10-16)11-18(24-17)19-12-22-21-9-8-20(25-26(19)21)23-14-2-4-15(27)5-3-14/h6-12,14-15,24,27H,2-5H2,1H3,(H,23,25). The smallest absolute Gasteiger partial charge is 0.154 e. The van der Waals surface area contributed by atoms with Gasteiger partial charge in [0, 0.05) is 16.9 Å². The molecule has 1 aliphatic rings. The van der Waals surface area contributed by atoms with Crippen LogP contribution < -0.4 is 10.1 Å². The molecular weight excluding hydrogens is 354 g/mol.